The van der Waals surface area contributed by atoms with Crippen molar-refractivity contribution in [3.8, 4) is 5.75 Å². The maximum atomic E-state index is 12.4. The molecule has 0 spiro atoms. The van der Waals surface area contributed by atoms with E-state index < -0.39 is 12.1 Å². The topological polar surface area (TPSA) is 70.7 Å². The lowest BCUT2D eigenvalue weighted by Gasteiger charge is -2.23. The van der Waals surface area contributed by atoms with Gasteiger partial charge in [0.2, 0.25) is 5.91 Å². The van der Waals surface area contributed by atoms with Crippen molar-refractivity contribution >= 4 is 17.6 Å². The van der Waals surface area contributed by atoms with Gasteiger partial charge in [0.1, 0.15) is 5.75 Å². The molecular formula is C22H29N3O3. The largest absolute Gasteiger partial charge is 0.494 e. The highest BCUT2D eigenvalue weighted by molar-refractivity contribution is 6.03. The van der Waals surface area contributed by atoms with Crippen LogP contribution in [0.1, 0.15) is 30.5 Å². The van der Waals surface area contributed by atoms with E-state index >= 15 is 0 Å². The van der Waals surface area contributed by atoms with Crippen molar-refractivity contribution < 1.29 is 14.3 Å². The summed E-state index contributed by atoms with van der Waals surface area (Å²) in [5.41, 5.74) is 3.81. The van der Waals surface area contributed by atoms with Gasteiger partial charge in [-0.05, 0) is 64.1 Å². The van der Waals surface area contributed by atoms with Gasteiger partial charge in [-0.1, -0.05) is 29.8 Å². The summed E-state index contributed by atoms with van der Waals surface area (Å²) in [6, 6.07) is 12.5. The highest BCUT2D eigenvalue weighted by Gasteiger charge is 2.20. The van der Waals surface area contributed by atoms with Crippen molar-refractivity contribution in [1.82, 2.24) is 10.2 Å². The second-order valence-electron chi connectivity index (χ2n) is 6.93. The average molecular weight is 383 g/mol. The Labute approximate surface area is 166 Å². The summed E-state index contributed by atoms with van der Waals surface area (Å²) in [7, 11) is 1.85. The molecule has 2 aromatic carbocycles. The Morgan fingerprint density at radius 1 is 1.11 bits per heavy atom. The van der Waals surface area contributed by atoms with Crippen LogP contribution in [0.4, 0.5) is 10.5 Å². The monoisotopic (exact) mass is 383 g/mol. The van der Waals surface area contributed by atoms with Crippen molar-refractivity contribution in [2.45, 2.75) is 40.3 Å². The number of nitrogens with one attached hydrogen (secondary N) is 2. The Bertz CT molecular complexity index is 818. The Balaban J connectivity index is 1.88. The molecule has 0 saturated heterocycles. The number of likely N-dealkylation sites (N-methyl/N-ethyl adjacent to an activating group) is 1. The number of hydrogen-bond donors (Lipinski definition) is 2. The molecule has 0 unspecified atom stereocenters. The molecule has 28 heavy (non-hydrogen) atoms. The molecule has 0 radical (unpaired) electrons. The number of anilines is 1. The van der Waals surface area contributed by atoms with Crippen molar-refractivity contribution in [3.05, 3.63) is 59.2 Å². The zero-order valence-corrected chi connectivity index (χ0v) is 17.2. The van der Waals surface area contributed by atoms with Gasteiger partial charge in [0.25, 0.3) is 0 Å². The molecule has 0 aliphatic carbocycles. The van der Waals surface area contributed by atoms with Gasteiger partial charge in [0.05, 0.1) is 12.6 Å². The van der Waals surface area contributed by atoms with E-state index in [9.17, 15) is 9.59 Å². The van der Waals surface area contributed by atoms with Gasteiger partial charge >= 0.3 is 6.03 Å². The van der Waals surface area contributed by atoms with Crippen LogP contribution < -0.4 is 15.4 Å². The Kier molecular flexibility index (Phi) is 7.58. The molecule has 0 bridgehead atoms. The summed E-state index contributed by atoms with van der Waals surface area (Å²) in [6.45, 7) is 8.83. The van der Waals surface area contributed by atoms with Crippen molar-refractivity contribution in [3.63, 3.8) is 0 Å². The molecule has 0 aromatic heterocycles. The summed E-state index contributed by atoms with van der Waals surface area (Å²) in [5.74, 6) is 0.471. The lowest BCUT2D eigenvalue weighted by atomic mass is 10.1. The molecule has 2 rings (SSSR count). The number of urea groups is 1. The van der Waals surface area contributed by atoms with Gasteiger partial charge in [0, 0.05) is 12.2 Å². The van der Waals surface area contributed by atoms with E-state index in [4.69, 9.17) is 4.74 Å². The van der Waals surface area contributed by atoms with Gasteiger partial charge in [-0.25, -0.2) is 4.79 Å². The van der Waals surface area contributed by atoms with Crippen LogP contribution in [0.2, 0.25) is 0 Å². The first-order valence-corrected chi connectivity index (χ1v) is 9.41. The number of ether oxygens (including phenoxy) is 1. The number of imide groups is 1. The van der Waals surface area contributed by atoms with Crippen LogP contribution in [0.25, 0.3) is 0 Å². The predicted octanol–water partition coefficient (Wildman–Crippen LogP) is 3.87. The zero-order valence-electron chi connectivity index (χ0n) is 17.2. The maximum absolute atomic E-state index is 12.4. The van der Waals surface area contributed by atoms with Crippen LogP contribution >= 0.6 is 0 Å². The van der Waals surface area contributed by atoms with Crippen LogP contribution in [0.5, 0.6) is 5.75 Å². The number of rotatable bonds is 7. The fourth-order valence-corrected chi connectivity index (χ4v) is 2.81. The van der Waals surface area contributed by atoms with E-state index in [1.54, 1.807) is 6.92 Å². The third kappa shape index (κ3) is 6.09. The molecule has 0 heterocycles. The maximum Gasteiger partial charge on any atom is 0.325 e. The van der Waals surface area contributed by atoms with E-state index in [0.29, 0.717) is 18.8 Å². The SMILES string of the molecule is CCOc1ccc(CN(C)[C@@H](C)C(=O)NC(=O)Nc2ccc(C)cc2C)cc1. The molecule has 0 saturated carbocycles. The Hall–Kier alpha value is -2.86. The van der Waals surface area contributed by atoms with Gasteiger partial charge in [0.15, 0.2) is 0 Å². The first kappa shape index (κ1) is 21.4. The molecule has 150 valence electrons. The number of amides is 3. The summed E-state index contributed by atoms with van der Waals surface area (Å²) >= 11 is 0. The van der Waals surface area contributed by atoms with Crippen LogP contribution in [-0.4, -0.2) is 36.5 Å². The smallest absolute Gasteiger partial charge is 0.325 e. The molecule has 0 aliphatic rings. The molecule has 2 N–H and O–H groups in total. The lowest BCUT2D eigenvalue weighted by molar-refractivity contribution is -0.124. The van der Waals surface area contributed by atoms with E-state index in [0.717, 1.165) is 22.4 Å². The quantitative estimate of drug-likeness (QED) is 0.761. The second-order valence-corrected chi connectivity index (χ2v) is 6.93. The molecule has 0 fully saturated rings. The number of benzene rings is 2. The van der Waals surface area contributed by atoms with Crippen molar-refractivity contribution in [1.29, 1.82) is 0 Å². The number of carbonyl (C=O) groups excluding carboxylic acids is 2. The highest BCUT2D eigenvalue weighted by atomic mass is 16.5. The zero-order chi connectivity index (χ0) is 20.7. The van der Waals surface area contributed by atoms with Gasteiger partial charge in [-0.2, -0.15) is 0 Å². The highest BCUT2D eigenvalue weighted by Crippen LogP contribution is 2.16. The summed E-state index contributed by atoms with van der Waals surface area (Å²) in [5, 5.41) is 5.14. The average Bonchev–Trinajstić information content (AvgIpc) is 2.65. The minimum absolute atomic E-state index is 0.351. The molecule has 3 amide bonds. The molecule has 6 nitrogen and oxygen atoms in total. The minimum Gasteiger partial charge on any atom is -0.494 e. The number of aryl methyl sites for hydroxylation is 2. The number of nitrogens with zero attached hydrogens (tertiary/aromatic N) is 1. The van der Waals surface area contributed by atoms with Crippen molar-refractivity contribution in [2.24, 2.45) is 0 Å². The van der Waals surface area contributed by atoms with E-state index in [-0.39, 0.29) is 5.91 Å². The fourth-order valence-electron chi connectivity index (χ4n) is 2.81. The third-order valence-corrected chi connectivity index (χ3v) is 4.57. The Morgan fingerprint density at radius 2 is 1.79 bits per heavy atom. The van der Waals surface area contributed by atoms with Crippen LogP contribution in [-0.2, 0) is 11.3 Å². The predicted molar refractivity (Wildman–Crippen MR) is 112 cm³/mol. The molecule has 6 heteroatoms. The van der Waals surface area contributed by atoms with Gasteiger partial charge < -0.3 is 10.1 Å². The molecular weight excluding hydrogens is 354 g/mol. The second kappa shape index (κ2) is 9.90. The van der Waals surface area contributed by atoms with Crippen LogP contribution in [0, 0.1) is 13.8 Å². The number of hydrogen-bond acceptors (Lipinski definition) is 4. The summed E-state index contributed by atoms with van der Waals surface area (Å²) in [6.07, 6.45) is 0. The third-order valence-electron chi connectivity index (χ3n) is 4.57. The van der Waals surface area contributed by atoms with Crippen LogP contribution in [0.15, 0.2) is 42.5 Å². The minimum atomic E-state index is -0.529. The summed E-state index contributed by atoms with van der Waals surface area (Å²) < 4.78 is 5.44. The normalized spacial score (nSPS) is 11.8. The number of carbonyl (C=O) groups is 2. The van der Waals surface area contributed by atoms with E-state index in [1.165, 1.54) is 0 Å². The first-order chi connectivity index (χ1) is 13.3. The van der Waals surface area contributed by atoms with Gasteiger partial charge in [-0.3, -0.25) is 15.0 Å². The molecule has 2 aromatic rings. The first-order valence-electron chi connectivity index (χ1n) is 9.41. The van der Waals surface area contributed by atoms with Crippen molar-refractivity contribution in [2.75, 3.05) is 19.0 Å². The Morgan fingerprint density at radius 3 is 2.39 bits per heavy atom. The van der Waals surface area contributed by atoms with E-state index in [2.05, 4.69) is 10.6 Å². The fraction of sp³-hybridized carbons (Fsp3) is 0.364. The lowest BCUT2D eigenvalue weighted by Crippen LogP contribution is -2.46. The molecule has 1 atom stereocenters. The standard InChI is InChI=1S/C22H29N3O3/c1-6-28-19-10-8-18(9-11-19)14-25(5)17(4)21(26)24-22(27)23-20-12-7-15(2)13-16(20)3/h7-13,17H,6,14H2,1-5H3,(H2,23,24,26,27)/t17-/m0/s1. The molecule has 0 aliphatic heterocycles. The van der Waals surface area contributed by atoms with Crippen LogP contribution in [0.3, 0.4) is 0 Å². The summed E-state index contributed by atoms with van der Waals surface area (Å²) in [4.78, 5) is 26.5. The van der Waals surface area contributed by atoms with Gasteiger partial charge in [-0.15, -0.1) is 0 Å². The van der Waals surface area contributed by atoms with E-state index in [1.807, 2.05) is 75.2 Å².